The Balaban J connectivity index is 1.72. The Morgan fingerprint density at radius 1 is 0.828 bits per heavy atom. The molecule has 3 aromatic carbocycles. The van der Waals surface area contributed by atoms with Crippen LogP contribution in [-0.2, 0) is 0 Å². The Morgan fingerprint density at radius 2 is 1.41 bits per heavy atom. The molecule has 2 aliphatic heterocycles. The van der Waals surface area contributed by atoms with Gasteiger partial charge in [0.1, 0.15) is 23.4 Å². The van der Waals surface area contributed by atoms with E-state index in [-0.39, 0.29) is 17.5 Å². The van der Waals surface area contributed by atoms with Crippen molar-refractivity contribution in [2.75, 3.05) is 0 Å². The average Bonchev–Trinajstić information content (AvgIpc) is 2.73. The number of fused-ring (bicyclic) bond motifs is 3. The third-order valence-electron chi connectivity index (χ3n) is 5.68. The standard InChI is InChI=1S/C24H22N2O3/c1-15-14-19-16-8-4-7-13-22(16)29-24(18-10-3-6-12-21(18)28)26(19)23(25-15)17-9-2-5-11-20(17)27/h2-13,19,23-24,27-28H,14H2,1H3. The molecular formula is C24H22N2O3. The van der Waals surface area contributed by atoms with E-state index in [4.69, 9.17) is 9.73 Å². The highest BCUT2D eigenvalue weighted by atomic mass is 16.5. The van der Waals surface area contributed by atoms with Crippen LogP contribution in [-0.4, -0.2) is 20.8 Å². The van der Waals surface area contributed by atoms with Crippen LogP contribution in [0.15, 0.2) is 77.8 Å². The number of rotatable bonds is 2. The number of phenols is 2. The maximum Gasteiger partial charge on any atom is 0.185 e. The van der Waals surface area contributed by atoms with Crippen LogP contribution in [0.4, 0.5) is 0 Å². The number of benzene rings is 3. The molecule has 0 bridgehead atoms. The van der Waals surface area contributed by atoms with E-state index in [1.807, 2.05) is 49.4 Å². The number of hydrogen-bond donors (Lipinski definition) is 2. The topological polar surface area (TPSA) is 65.3 Å². The number of aromatic hydroxyl groups is 2. The first-order valence-corrected chi connectivity index (χ1v) is 9.75. The average molecular weight is 386 g/mol. The van der Waals surface area contributed by atoms with Gasteiger partial charge in [-0.2, -0.15) is 0 Å². The molecule has 0 spiro atoms. The minimum Gasteiger partial charge on any atom is -0.508 e. The van der Waals surface area contributed by atoms with Gasteiger partial charge in [-0.3, -0.25) is 4.99 Å². The molecule has 0 aliphatic carbocycles. The Morgan fingerprint density at radius 3 is 2.10 bits per heavy atom. The van der Waals surface area contributed by atoms with Gasteiger partial charge in [-0.05, 0) is 25.1 Å². The summed E-state index contributed by atoms with van der Waals surface area (Å²) >= 11 is 0. The molecule has 0 amide bonds. The Hall–Kier alpha value is -3.31. The van der Waals surface area contributed by atoms with Gasteiger partial charge >= 0.3 is 0 Å². The van der Waals surface area contributed by atoms with Crippen LogP contribution in [0.3, 0.4) is 0 Å². The first-order valence-electron chi connectivity index (χ1n) is 9.75. The summed E-state index contributed by atoms with van der Waals surface area (Å²) in [6, 6.07) is 22.5. The lowest BCUT2D eigenvalue weighted by Crippen LogP contribution is -2.44. The smallest absolute Gasteiger partial charge is 0.185 e. The molecular weight excluding hydrogens is 364 g/mol. The monoisotopic (exact) mass is 386 g/mol. The molecule has 0 radical (unpaired) electrons. The van der Waals surface area contributed by atoms with Crippen LogP contribution >= 0.6 is 0 Å². The minimum absolute atomic E-state index is 0.0201. The van der Waals surface area contributed by atoms with Gasteiger partial charge in [0.15, 0.2) is 6.23 Å². The van der Waals surface area contributed by atoms with Crippen molar-refractivity contribution < 1.29 is 14.9 Å². The van der Waals surface area contributed by atoms with Crippen LogP contribution in [0.1, 0.15) is 48.5 Å². The van der Waals surface area contributed by atoms with Crippen molar-refractivity contribution in [3.05, 3.63) is 89.5 Å². The van der Waals surface area contributed by atoms with Crippen LogP contribution < -0.4 is 4.74 Å². The van der Waals surface area contributed by atoms with Crippen molar-refractivity contribution >= 4 is 5.71 Å². The zero-order chi connectivity index (χ0) is 20.0. The molecule has 0 saturated heterocycles. The Labute approximate surface area is 169 Å². The molecule has 0 aromatic heterocycles. The minimum atomic E-state index is -0.530. The van der Waals surface area contributed by atoms with Crippen molar-refractivity contribution in [1.82, 2.24) is 4.90 Å². The highest BCUT2D eigenvalue weighted by molar-refractivity contribution is 5.84. The van der Waals surface area contributed by atoms with E-state index in [0.717, 1.165) is 29.0 Å². The van der Waals surface area contributed by atoms with Gasteiger partial charge in [0, 0.05) is 34.9 Å². The number of aliphatic imine (C=N–C) groups is 1. The normalized spacial score (nSPS) is 23.5. The van der Waals surface area contributed by atoms with Gasteiger partial charge in [-0.15, -0.1) is 0 Å². The van der Waals surface area contributed by atoms with Gasteiger partial charge in [0.25, 0.3) is 0 Å². The summed E-state index contributed by atoms with van der Waals surface area (Å²) in [6.45, 7) is 2.03. The Kier molecular flexibility index (Phi) is 4.25. The quantitative estimate of drug-likeness (QED) is 0.643. The van der Waals surface area contributed by atoms with E-state index in [1.54, 1.807) is 24.3 Å². The molecule has 2 N–H and O–H groups in total. The second-order valence-corrected chi connectivity index (χ2v) is 7.53. The van der Waals surface area contributed by atoms with Gasteiger partial charge in [-0.25, -0.2) is 4.90 Å². The highest BCUT2D eigenvalue weighted by Crippen LogP contribution is 2.52. The molecule has 146 valence electrons. The largest absolute Gasteiger partial charge is 0.508 e. The van der Waals surface area contributed by atoms with E-state index in [0.29, 0.717) is 5.56 Å². The highest BCUT2D eigenvalue weighted by Gasteiger charge is 2.44. The number of para-hydroxylation sites is 3. The Bertz CT molecular complexity index is 1090. The van der Waals surface area contributed by atoms with E-state index in [9.17, 15) is 10.2 Å². The van der Waals surface area contributed by atoms with E-state index in [1.165, 1.54) is 0 Å². The fourth-order valence-electron chi connectivity index (χ4n) is 4.35. The summed E-state index contributed by atoms with van der Waals surface area (Å²) in [5.74, 6) is 1.19. The molecule has 29 heavy (non-hydrogen) atoms. The van der Waals surface area contributed by atoms with E-state index >= 15 is 0 Å². The first kappa shape index (κ1) is 17.8. The molecule has 5 rings (SSSR count). The van der Waals surface area contributed by atoms with E-state index in [2.05, 4.69) is 11.0 Å². The summed E-state index contributed by atoms with van der Waals surface area (Å²) < 4.78 is 6.41. The number of ether oxygens (including phenoxy) is 1. The van der Waals surface area contributed by atoms with Crippen molar-refractivity contribution in [1.29, 1.82) is 0 Å². The van der Waals surface area contributed by atoms with Crippen LogP contribution in [0.5, 0.6) is 17.2 Å². The molecule has 0 fully saturated rings. The fraction of sp³-hybridized carbons (Fsp3) is 0.208. The van der Waals surface area contributed by atoms with Gasteiger partial charge in [0.2, 0.25) is 0 Å². The molecule has 3 aromatic rings. The molecule has 3 atom stereocenters. The number of nitrogens with zero attached hydrogens (tertiary/aromatic N) is 2. The van der Waals surface area contributed by atoms with Crippen molar-refractivity contribution in [2.24, 2.45) is 4.99 Å². The molecule has 0 saturated carbocycles. The molecule has 3 unspecified atom stereocenters. The maximum atomic E-state index is 10.6. The summed E-state index contributed by atoms with van der Waals surface area (Å²) in [5, 5.41) is 21.1. The van der Waals surface area contributed by atoms with Gasteiger partial charge < -0.3 is 14.9 Å². The molecule has 2 heterocycles. The zero-order valence-electron chi connectivity index (χ0n) is 16.1. The lowest BCUT2D eigenvalue weighted by molar-refractivity contribution is -0.0644. The first-order chi connectivity index (χ1) is 14.1. The van der Waals surface area contributed by atoms with Crippen molar-refractivity contribution in [2.45, 2.75) is 31.8 Å². The zero-order valence-corrected chi connectivity index (χ0v) is 16.1. The van der Waals surface area contributed by atoms with E-state index < -0.39 is 12.4 Å². The summed E-state index contributed by atoms with van der Waals surface area (Å²) in [4.78, 5) is 7.05. The number of phenolic OH excluding ortho intramolecular Hbond substituents is 2. The van der Waals surface area contributed by atoms with Gasteiger partial charge in [-0.1, -0.05) is 54.6 Å². The lowest BCUT2D eigenvalue weighted by Gasteiger charge is -2.48. The summed E-state index contributed by atoms with van der Waals surface area (Å²) in [5.41, 5.74) is 3.52. The lowest BCUT2D eigenvalue weighted by atomic mass is 9.91. The molecule has 5 heteroatoms. The predicted molar refractivity (Wildman–Crippen MR) is 111 cm³/mol. The molecule has 2 aliphatic rings. The van der Waals surface area contributed by atoms with Crippen LogP contribution in [0.25, 0.3) is 0 Å². The maximum absolute atomic E-state index is 10.6. The SMILES string of the molecule is CC1=NC(c2ccccc2O)N2C(C1)c1ccccc1OC2c1ccccc1O. The molecule has 5 nitrogen and oxygen atoms in total. The summed E-state index contributed by atoms with van der Waals surface area (Å²) in [7, 11) is 0. The fourth-order valence-corrected chi connectivity index (χ4v) is 4.35. The van der Waals surface area contributed by atoms with Crippen LogP contribution in [0, 0.1) is 0 Å². The number of hydrogen-bond acceptors (Lipinski definition) is 5. The second kappa shape index (κ2) is 6.94. The third kappa shape index (κ3) is 2.95. The van der Waals surface area contributed by atoms with Crippen molar-refractivity contribution in [3.63, 3.8) is 0 Å². The second-order valence-electron chi connectivity index (χ2n) is 7.53. The van der Waals surface area contributed by atoms with Crippen molar-refractivity contribution in [3.8, 4) is 17.2 Å². The summed E-state index contributed by atoms with van der Waals surface area (Å²) in [6.07, 6.45) is -0.195. The third-order valence-corrected chi connectivity index (χ3v) is 5.68. The predicted octanol–water partition coefficient (Wildman–Crippen LogP) is 5.10. The van der Waals surface area contributed by atoms with Crippen LogP contribution in [0.2, 0.25) is 0 Å². The van der Waals surface area contributed by atoms with Gasteiger partial charge in [0.05, 0.1) is 0 Å².